The number of aromatic nitrogens is 5. The van der Waals surface area contributed by atoms with Crippen LogP contribution in [0.2, 0.25) is 5.28 Å². The first-order valence-corrected chi connectivity index (χ1v) is 5.41. The van der Waals surface area contributed by atoms with Crippen LogP contribution in [0, 0.1) is 6.92 Å². The first-order chi connectivity index (χ1) is 8.24. The van der Waals surface area contributed by atoms with E-state index in [1.54, 1.807) is 23.3 Å². The topological polar surface area (TPSA) is 56.5 Å². The van der Waals surface area contributed by atoms with E-state index < -0.39 is 0 Å². The van der Waals surface area contributed by atoms with E-state index in [0.29, 0.717) is 11.5 Å². The Morgan fingerprint density at radius 2 is 2.00 bits per heavy atom. The highest BCUT2D eigenvalue weighted by Gasteiger charge is 2.08. The Labute approximate surface area is 102 Å². The summed E-state index contributed by atoms with van der Waals surface area (Å²) in [5.41, 5.74) is 1.75. The number of hydrogen-bond donors (Lipinski definition) is 0. The van der Waals surface area contributed by atoms with Gasteiger partial charge in [-0.25, -0.2) is 9.97 Å². The first kappa shape index (κ1) is 10.2. The van der Waals surface area contributed by atoms with E-state index in [0.717, 1.165) is 10.9 Å². The molecule has 3 heterocycles. The number of rotatable bonds is 1. The van der Waals surface area contributed by atoms with Gasteiger partial charge in [-0.2, -0.15) is 14.8 Å². The Balaban J connectivity index is 2.23. The van der Waals surface area contributed by atoms with Crippen LogP contribution >= 0.6 is 11.6 Å². The Kier molecular flexibility index (Phi) is 2.26. The Hall–Kier alpha value is -2.01. The van der Waals surface area contributed by atoms with Crippen molar-refractivity contribution in [1.82, 2.24) is 24.7 Å². The van der Waals surface area contributed by atoms with Crippen LogP contribution in [0.1, 0.15) is 5.56 Å². The maximum Gasteiger partial charge on any atom is 0.224 e. The smallest absolute Gasteiger partial charge is 0.224 e. The predicted octanol–water partition coefficient (Wildman–Crippen LogP) is 2.17. The number of hydrogen-bond acceptors (Lipinski definition) is 4. The lowest BCUT2D eigenvalue weighted by atomic mass is 10.3. The molecule has 0 saturated heterocycles. The average molecular weight is 246 g/mol. The fourth-order valence-electron chi connectivity index (χ4n) is 1.55. The summed E-state index contributed by atoms with van der Waals surface area (Å²) in [7, 11) is 0. The number of pyridine rings is 1. The van der Waals surface area contributed by atoms with Crippen molar-refractivity contribution in [3.8, 4) is 5.82 Å². The molecule has 0 N–H and O–H groups in total. The minimum absolute atomic E-state index is 0.200. The standard InChI is InChI=1S/C11H8ClN5/c1-7-2-3-9(13-4-7)17-10-8(6-15-17)5-14-11(12)16-10/h2-6H,1H3. The molecule has 5 nitrogen and oxygen atoms in total. The molecule has 0 spiro atoms. The van der Waals surface area contributed by atoms with Crippen molar-refractivity contribution >= 4 is 22.6 Å². The molecule has 6 heteroatoms. The third-order valence-electron chi connectivity index (χ3n) is 2.39. The molecule has 84 valence electrons. The maximum absolute atomic E-state index is 5.78. The molecule has 0 amide bonds. The zero-order valence-corrected chi connectivity index (χ0v) is 9.76. The molecule has 0 bridgehead atoms. The van der Waals surface area contributed by atoms with Gasteiger partial charge in [0.2, 0.25) is 5.28 Å². The third-order valence-corrected chi connectivity index (χ3v) is 2.57. The highest BCUT2D eigenvalue weighted by molar-refractivity contribution is 6.28. The lowest BCUT2D eigenvalue weighted by molar-refractivity contribution is 0.860. The summed E-state index contributed by atoms with van der Waals surface area (Å²) in [6, 6.07) is 3.86. The van der Waals surface area contributed by atoms with Crippen molar-refractivity contribution in [1.29, 1.82) is 0 Å². The minimum Gasteiger partial charge on any atom is -0.237 e. The van der Waals surface area contributed by atoms with Crippen LogP contribution in [-0.2, 0) is 0 Å². The fraction of sp³-hybridized carbons (Fsp3) is 0.0909. The normalized spacial score (nSPS) is 10.9. The summed E-state index contributed by atoms with van der Waals surface area (Å²) in [6.07, 6.45) is 5.11. The molecule has 0 unspecified atom stereocenters. The minimum atomic E-state index is 0.200. The Bertz CT molecular complexity index is 674. The summed E-state index contributed by atoms with van der Waals surface area (Å²) < 4.78 is 1.64. The Morgan fingerprint density at radius 3 is 2.76 bits per heavy atom. The van der Waals surface area contributed by atoms with E-state index >= 15 is 0 Å². The van der Waals surface area contributed by atoms with E-state index in [4.69, 9.17) is 11.6 Å². The van der Waals surface area contributed by atoms with Gasteiger partial charge in [0.1, 0.15) is 0 Å². The highest BCUT2D eigenvalue weighted by Crippen LogP contribution is 2.15. The average Bonchev–Trinajstić information content (AvgIpc) is 2.73. The van der Waals surface area contributed by atoms with Gasteiger partial charge >= 0.3 is 0 Å². The second-order valence-corrected chi connectivity index (χ2v) is 4.01. The molecule has 0 aliphatic heterocycles. The molecule has 3 rings (SSSR count). The van der Waals surface area contributed by atoms with Crippen LogP contribution in [0.3, 0.4) is 0 Å². The molecule has 3 aromatic heterocycles. The number of aryl methyl sites for hydroxylation is 1. The van der Waals surface area contributed by atoms with Crippen LogP contribution < -0.4 is 0 Å². The van der Waals surface area contributed by atoms with Crippen LogP contribution in [0.5, 0.6) is 0 Å². The highest BCUT2D eigenvalue weighted by atomic mass is 35.5. The molecule has 0 atom stereocenters. The summed E-state index contributed by atoms with van der Waals surface area (Å²) in [5.74, 6) is 0.709. The number of nitrogens with zero attached hydrogens (tertiary/aromatic N) is 5. The zero-order valence-electron chi connectivity index (χ0n) is 9.00. The van der Waals surface area contributed by atoms with E-state index in [1.165, 1.54) is 0 Å². The molecular formula is C11H8ClN5. The van der Waals surface area contributed by atoms with Crippen molar-refractivity contribution in [3.05, 3.63) is 41.6 Å². The summed E-state index contributed by atoms with van der Waals surface area (Å²) in [4.78, 5) is 12.4. The molecule has 0 aromatic carbocycles. The van der Waals surface area contributed by atoms with Gasteiger partial charge in [0.25, 0.3) is 0 Å². The lowest BCUT2D eigenvalue weighted by Gasteiger charge is -2.01. The third kappa shape index (κ3) is 1.74. The molecule has 17 heavy (non-hydrogen) atoms. The number of halogens is 1. The van der Waals surface area contributed by atoms with Crippen molar-refractivity contribution in [3.63, 3.8) is 0 Å². The molecular weight excluding hydrogens is 238 g/mol. The molecule has 0 aliphatic carbocycles. The van der Waals surface area contributed by atoms with Crippen LogP contribution in [0.25, 0.3) is 16.9 Å². The van der Waals surface area contributed by atoms with Gasteiger partial charge in [-0.05, 0) is 30.2 Å². The molecule has 3 aromatic rings. The van der Waals surface area contributed by atoms with Gasteiger partial charge in [0, 0.05) is 12.4 Å². The van der Waals surface area contributed by atoms with Crippen molar-refractivity contribution in [2.45, 2.75) is 6.92 Å². The van der Waals surface area contributed by atoms with Gasteiger partial charge in [0.05, 0.1) is 11.6 Å². The predicted molar refractivity (Wildman–Crippen MR) is 64.2 cm³/mol. The molecule has 0 saturated carbocycles. The van der Waals surface area contributed by atoms with E-state index in [9.17, 15) is 0 Å². The monoisotopic (exact) mass is 245 g/mol. The SMILES string of the molecule is Cc1ccc(-n2ncc3cnc(Cl)nc32)nc1. The molecule has 0 radical (unpaired) electrons. The zero-order chi connectivity index (χ0) is 11.8. The summed E-state index contributed by atoms with van der Waals surface area (Å²) in [5, 5.41) is 5.26. The van der Waals surface area contributed by atoms with Crippen molar-refractivity contribution in [2.75, 3.05) is 0 Å². The maximum atomic E-state index is 5.78. The van der Waals surface area contributed by atoms with Gasteiger partial charge in [-0.1, -0.05) is 6.07 Å². The van der Waals surface area contributed by atoms with Gasteiger partial charge in [-0.3, -0.25) is 0 Å². The summed E-state index contributed by atoms with van der Waals surface area (Å²) in [6.45, 7) is 1.98. The van der Waals surface area contributed by atoms with Crippen molar-refractivity contribution < 1.29 is 0 Å². The van der Waals surface area contributed by atoms with E-state index in [1.807, 2.05) is 19.1 Å². The number of fused-ring (bicyclic) bond motifs is 1. The van der Waals surface area contributed by atoms with Gasteiger partial charge in [-0.15, -0.1) is 0 Å². The van der Waals surface area contributed by atoms with Crippen LogP contribution in [0.4, 0.5) is 0 Å². The quantitative estimate of drug-likeness (QED) is 0.617. The van der Waals surface area contributed by atoms with Crippen molar-refractivity contribution in [2.24, 2.45) is 0 Å². The Morgan fingerprint density at radius 1 is 1.12 bits per heavy atom. The largest absolute Gasteiger partial charge is 0.237 e. The van der Waals surface area contributed by atoms with Gasteiger partial charge < -0.3 is 0 Å². The molecule has 0 fully saturated rings. The summed E-state index contributed by atoms with van der Waals surface area (Å²) >= 11 is 5.78. The lowest BCUT2D eigenvalue weighted by Crippen LogP contribution is -2.00. The second kappa shape index (κ2) is 3.78. The molecule has 0 aliphatic rings. The van der Waals surface area contributed by atoms with Crippen LogP contribution in [-0.4, -0.2) is 24.7 Å². The fourth-order valence-corrected chi connectivity index (χ4v) is 1.68. The first-order valence-electron chi connectivity index (χ1n) is 5.03. The van der Waals surface area contributed by atoms with Gasteiger partial charge in [0.15, 0.2) is 11.5 Å². The van der Waals surface area contributed by atoms with Crippen LogP contribution in [0.15, 0.2) is 30.7 Å². The van der Waals surface area contributed by atoms with E-state index in [2.05, 4.69) is 20.1 Å². The van der Waals surface area contributed by atoms with E-state index in [-0.39, 0.29) is 5.28 Å². The second-order valence-electron chi connectivity index (χ2n) is 3.67.